The third kappa shape index (κ3) is 6.00. The first-order valence-corrected chi connectivity index (χ1v) is 7.30. The van der Waals surface area contributed by atoms with E-state index in [1.165, 1.54) is 10.4 Å². The zero-order chi connectivity index (χ0) is 15.1. The van der Waals surface area contributed by atoms with Crippen molar-refractivity contribution in [1.82, 2.24) is 5.32 Å². The van der Waals surface area contributed by atoms with Crippen LogP contribution in [-0.2, 0) is 6.42 Å². The molecule has 1 rings (SSSR count). The van der Waals surface area contributed by atoms with Gasteiger partial charge in [-0.25, -0.2) is 0 Å². The fourth-order valence-corrected chi connectivity index (χ4v) is 2.42. The third-order valence-corrected chi connectivity index (χ3v) is 4.19. The fourth-order valence-electron chi connectivity index (χ4n) is 1.34. The number of carbonyl (C=O) groups is 1. The molecule has 0 aliphatic rings. The van der Waals surface area contributed by atoms with Crippen molar-refractivity contribution < 1.29 is 4.79 Å². The van der Waals surface area contributed by atoms with Gasteiger partial charge in [0, 0.05) is 4.88 Å². The number of aldehydes is 1. The highest BCUT2D eigenvalue weighted by Gasteiger charge is 2.10. The molecule has 0 unspecified atom stereocenters. The van der Waals surface area contributed by atoms with Gasteiger partial charge in [-0.05, 0) is 44.9 Å². The summed E-state index contributed by atoms with van der Waals surface area (Å²) in [5, 5.41) is 11.1. The van der Waals surface area contributed by atoms with Crippen LogP contribution in [0.3, 0.4) is 0 Å². The van der Waals surface area contributed by atoms with Gasteiger partial charge in [0.1, 0.15) is 5.54 Å². The van der Waals surface area contributed by atoms with Gasteiger partial charge >= 0.3 is 0 Å². The molecule has 0 bridgehead atoms. The summed E-state index contributed by atoms with van der Waals surface area (Å²) in [6, 6.07) is 4.09. The fraction of sp³-hybridized carbons (Fsp3) is 0.600. The smallest absolute Gasteiger partial charge is 0.160 e. The first-order valence-electron chi connectivity index (χ1n) is 6.49. The van der Waals surface area contributed by atoms with E-state index >= 15 is 0 Å². The van der Waals surface area contributed by atoms with Gasteiger partial charge in [0.25, 0.3) is 0 Å². The van der Waals surface area contributed by atoms with Gasteiger partial charge in [0.05, 0.1) is 10.9 Å². The lowest BCUT2D eigenvalue weighted by Gasteiger charge is -2.11. The molecule has 4 heteroatoms. The van der Waals surface area contributed by atoms with Crippen LogP contribution < -0.4 is 5.32 Å². The molecule has 0 aliphatic carbocycles. The minimum absolute atomic E-state index is 0.361. The summed E-state index contributed by atoms with van der Waals surface area (Å²) < 4.78 is 0. The van der Waals surface area contributed by atoms with Gasteiger partial charge in [-0.15, -0.1) is 11.3 Å². The van der Waals surface area contributed by atoms with Gasteiger partial charge < -0.3 is 5.32 Å². The highest BCUT2D eigenvalue weighted by Crippen LogP contribution is 2.28. The first kappa shape index (κ1) is 17.8. The van der Waals surface area contributed by atoms with Crippen LogP contribution in [-0.4, -0.2) is 18.9 Å². The summed E-state index contributed by atoms with van der Waals surface area (Å²) in [6.45, 7) is 10.1. The van der Waals surface area contributed by atoms with Crippen molar-refractivity contribution in [2.24, 2.45) is 0 Å². The van der Waals surface area contributed by atoms with Crippen LogP contribution in [0.2, 0.25) is 0 Å². The van der Waals surface area contributed by atoms with Gasteiger partial charge in [-0.1, -0.05) is 20.8 Å². The van der Waals surface area contributed by atoms with Crippen LogP contribution in [0.4, 0.5) is 0 Å². The molecule has 0 saturated carbocycles. The van der Waals surface area contributed by atoms with E-state index < -0.39 is 0 Å². The monoisotopic (exact) mass is 280 g/mol. The van der Waals surface area contributed by atoms with Crippen molar-refractivity contribution in [3.8, 4) is 6.07 Å². The summed E-state index contributed by atoms with van der Waals surface area (Å²) in [5.74, 6) is 0.540. The molecule has 0 saturated heterocycles. The number of hydrogen-bond acceptors (Lipinski definition) is 4. The van der Waals surface area contributed by atoms with Crippen molar-refractivity contribution in [2.75, 3.05) is 7.05 Å². The Balaban J connectivity index is 0.000000399. The maximum atomic E-state index is 10.5. The lowest BCUT2D eigenvalue weighted by molar-refractivity contribution is 0.112. The highest BCUT2D eigenvalue weighted by molar-refractivity contribution is 7.13. The van der Waals surface area contributed by atoms with E-state index in [1.807, 2.05) is 19.9 Å². The quantitative estimate of drug-likeness (QED) is 0.854. The van der Waals surface area contributed by atoms with E-state index in [9.17, 15) is 4.79 Å². The van der Waals surface area contributed by atoms with E-state index in [4.69, 9.17) is 5.26 Å². The largest absolute Gasteiger partial charge is 0.303 e. The van der Waals surface area contributed by atoms with Crippen LogP contribution in [0.5, 0.6) is 0 Å². The molecule has 19 heavy (non-hydrogen) atoms. The molecule has 0 fully saturated rings. The van der Waals surface area contributed by atoms with E-state index in [1.54, 1.807) is 18.4 Å². The van der Waals surface area contributed by atoms with Crippen LogP contribution in [0.15, 0.2) is 6.07 Å². The Kier molecular flexibility index (Phi) is 7.58. The summed E-state index contributed by atoms with van der Waals surface area (Å²) >= 11 is 1.62. The maximum Gasteiger partial charge on any atom is 0.160 e. The summed E-state index contributed by atoms with van der Waals surface area (Å²) in [7, 11) is 1.77. The summed E-state index contributed by atoms with van der Waals surface area (Å²) in [4.78, 5) is 12.7. The topological polar surface area (TPSA) is 52.9 Å². The molecule has 0 spiro atoms. The Morgan fingerprint density at radius 3 is 2.32 bits per heavy atom. The Labute approximate surface area is 120 Å². The second kappa shape index (κ2) is 8.08. The normalized spacial score (nSPS) is 10.6. The maximum absolute atomic E-state index is 10.5. The molecule has 0 aliphatic heterocycles. The standard InChI is InChI=1S/C10H14OS.C5H10N2/c1-4-8-5-9(6-11)12-10(8)7(2)3;1-5(2,4-6)7-3/h5-7H,4H2,1-3H3;7H,1-3H3. The predicted octanol–water partition coefficient (Wildman–Crippen LogP) is 3.75. The number of hydrogen-bond donors (Lipinski definition) is 1. The molecule has 3 nitrogen and oxygen atoms in total. The Morgan fingerprint density at radius 2 is 2.11 bits per heavy atom. The molecule has 0 amide bonds. The third-order valence-electron chi connectivity index (χ3n) is 2.79. The number of aryl methyl sites for hydroxylation is 1. The number of rotatable bonds is 4. The van der Waals surface area contributed by atoms with E-state index in [0.717, 1.165) is 17.6 Å². The zero-order valence-corrected chi connectivity index (χ0v) is 13.5. The second-order valence-electron chi connectivity index (χ2n) is 5.15. The average Bonchev–Trinajstić information content (AvgIpc) is 2.83. The van der Waals surface area contributed by atoms with Gasteiger partial charge in [-0.3, -0.25) is 4.79 Å². The zero-order valence-electron chi connectivity index (χ0n) is 12.7. The molecule has 106 valence electrons. The van der Waals surface area contributed by atoms with Crippen molar-refractivity contribution in [3.05, 3.63) is 21.4 Å². The number of nitriles is 1. The van der Waals surface area contributed by atoms with Gasteiger partial charge in [-0.2, -0.15) is 5.26 Å². The number of nitrogens with one attached hydrogen (secondary N) is 1. The lowest BCUT2D eigenvalue weighted by Crippen LogP contribution is -2.33. The van der Waals surface area contributed by atoms with Crippen LogP contribution in [0.25, 0.3) is 0 Å². The Bertz CT molecular complexity index is 441. The molecular weight excluding hydrogens is 256 g/mol. The molecule has 1 aromatic heterocycles. The molecule has 0 radical (unpaired) electrons. The Hall–Kier alpha value is -1.18. The summed E-state index contributed by atoms with van der Waals surface area (Å²) in [5.41, 5.74) is 0.970. The van der Waals surface area contributed by atoms with Gasteiger partial charge in [0.2, 0.25) is 0 Å². The van der Waals surface area contributed by atoms with Crippen molar-refractivity contribution in [3.63, 3.8) is 0 Å². The number of carbonyl (C=O) groups excluding carboxylic acids is 1. The highest BCUT2D eigenvalue weighted by atomic mass is 32.1. The number of thiophene rings is 1. The van der Waals surface area contributed by atoms with Crippen LogP contribution in [0.1, 0.15) is 60.6 Å². The van der Waals surface area contributed by atoms with Gasteiger partial charge in [0.15, 0.2) is 6.29 Å². The second-order valence-corrected chi connectivity index (χ2v) is 6.27. The van der Waals surface area contributed by atoms with E-state index in [0.29, 0.717) is 5.92 Å². The SMILES string of the molecule is CCc1cc(C=O)sc1C(C)C.CNC(C)(C)C#N. The molecule has 0 aromatic carbocycles. The van der Waals surface area contributed by atoms with Crippen molar-refractivity contribution >= 4 is 17.6 Å². The minimum Gasteiger partial charge on any atom is -0.303 e. The van der Waals surface area contributed by atoms with Crippen LogP contribution >= 0.6 is 11.3 Å². The Morgan fingerprint density at radius 1 is 1.53 bits per heavy atom. The number of nitrogens with zero attached hydrogens (tertiary/aromatic N) is 1. The molecule has 0 atom stereocenters. The van der Waals surface area contributed by atoms with Crippen LogP contribution in [0, 0.1) is 11.3 Å². The molecule has 1 aromatic rings. The molecule has 1 heterocycles. The van der Waals surface area contributed by atoms with Crippen molar-refractivity contribution in [1.29, 1.82) is 5.26 Å². The van der Waals surface area contributed by atoms with Crippen molar-refractivity contribution in [2.45, 2.75) is 52.5 Å². The van der Waals surface area contributed by atoms with E-state index in [-0.39, 0.29) is 5.54 Å². The average molecular weight is 280 g/mol. The molecular formula is C15H24N2OS. The van der Waals surface area contributed by atoms with E-state index in [2.05, 4.69) is 32.2 Å². The lowest BCUT2D eigenvalue weighted by atomic mass is 10.1. The minimum atomic E-state index is -0.361. The predicted molar refractivity (Wildman–Crippen MR) is 81.9 cm³/mol. The summed E-state index contributed by atoms with van der Waals surface area (Å²) in [6.07, 6.45) is 1.97. The molecule has 1 N–H and O–H groups in total. The first-order chi connectivity index (χ1) is 8.81.